The van der Waals surface area contributed by atoms with Gasteiger partial charge < -0.3 is 19.5 Å². The second-order valence-corrected chi connectivity index (χ2v) is 9.80. The van der Waals surface area contributed by atoms with Crippen LogP contribution in [0.15, 0.2) is 61.2 Å². The smallest absolute Gasteiger partial charge is 0.162 e. The highest BCUT2D eigenvalue weighted by Gasteiger charge is 2.32. The highest BCUT2D eigenvalue weighted by molar-refractivity contribution is 5.83. The molecule has 1 fully saturated rings. The van der Waals surface area contributed by atoms with Crippen molar-refractivity contribution in [2.75, 3.05) is 65.9 Å². The Labute approximate surface area is 214 Å². The highest BCUT2D eigenvalue weighted by atomic mass is 16.5. The molecule has 6 heteroatoms. The molecule has 0 saturated carbocycles. The minimum Gasteiger partial charge on any atom is -0.493 e. The molecule has 0 spiro atoms. The van der Waals surface area contributed by atoms with Crippen LogP contribution in [-0.4, -0.2) is 76.5 Å². The quantitative estimate of drug-likeness (QED) is 0.495. The van der Waals surface area contributed by atoms with Gasteiger partial charge in [0, 0.05) is 76.2 Å². The predicted molar refractivity (Wildman–Crippen MR) is 147 cm³/mol. The van der Waals surface area contributed by atoms with Crippen LogP contribution in [0.5, 0.6) is 11.5 Å². The van der Waals surface area contributed by atoms with Crippen molar-refractivity contribution < 1.29 is 14.2 Å². The molecule has 190 valence electrons. The van der Waals surface area contributed by atoms with Gasteiger partial charge in [0.2, 0.25) is 0 Å². The van der Waals surface area contributed by atoms with Crippen molar-refractivity contribution in [2.24, 2.45) is 5.92 Å². The third-order valence-corrected chi connectivity index (χ3v) is 7.70. The minimum atomic E-state index is 0.0679. The van der Waals surface area contributed by atoms with Gasteiger partial charge in [0.1, 0.15) is 0 Å². The van der Waals surface area contributed by atoms with Gasteiger partial charge in [0.25, 0.3) is 0 Å². The Morgan fingerprint density at radius 1 is 0.889 bits per heavy atom. The summed E-state index contributed by atoms with van der Waals surface area (Å²) in [5, 5.41) is 6.18. The van der Waals surface area contributed by atoms with E-state index in [2.05, 4.69) is 64.2 Å². The van der Waals surface area contributed by atoms with E-state index < -0.39 is 0 Å². The first-order valence-electron chi connectivity index (χ1n) is 12.7. The van der Waals surface area contributed by atoms with Crippen molar-refractivity contribution in [1.29, 1.82) is 0 Å². The van der Waals surface area contributed by atoms with Crippen LogP contribution in [-0.2, 0) is 11.3 Å². The zero-order valence-corrected chi connectivity index (χ0v) is 21.6. The minimum absolute atomic E-state index is 0.0679. The monoisotopic (exact) mass is 487 g/mol. The molecule has 2 aliphatic rings. The van der Waals surface area contributed by atoms with E-state index in [-0.39, 0.29) is 12.0 Å². The average molecular weight is 488 g/mol. The number of hydrogen-bond acceptors (Lipinski definition) is 6. The predicted octanol–water partition coefficient (Wildman–Crippen LogP) is 4.74. The molecule has 3 aromatic rings. The molecule has 36 heavy (non-hydrogen) atoms. The van der Waals surface area contributed by atoms with Crippen LogP contribution in [0.1, 0.15) is 11.1 Å². The van der Waals surface area contributed by atoms with Gasteiger partial charge in [-0.2, -0.15) is 0 Å². The Morgan fingerprint density at radius 2 is 1.58 bits per heavy atom. The number of piperazine rings is 1. The van der Waals surface area contributed by atoms with Gasteiger partial charge in [-0.3, -0.25) is 9.80 Å². The Hall–Kier alpha value is -3.06. The lowest BCUT2D eigenvalue weighted by Crippen LogP contribution is -2.50. The van der Waals surface area contributed by atoms with E-state index in [4.69, 9.17) is 14.2 Å². The number of anilines is 1. The maximum absolute atomic E-state index is 6.03. The van der Waals surface area contributed by atoms with E-state index in [1.165, 1.54) is 16.3 Å². The molecule has 0 amide bonds. The van der Waals surface area contributed by atoms with E-state index in [9.17, 15) is 0 Å². The van der Waals surface area contributed by atoms with E-state index in [1.807, 2.05) is 19.2 Å². The summed E-state index contributed by atoms with van der Waals surface area (Å²) < 4.78 is 17.0. The molecule has 6 nitrogen and oxygen atoms in total. The zero-order valence-electron chi connectivity index (χ0n) is 21.6. The third kappa shape index (κ3) is 5.07. The van der Waals surface area contributed by atoms with Gasteiger partial charge in [0.15, 0.2) is 11.5 Å². The Bertz CT molecular complexity index is 1220. The number of benzene rings is 3. The maximum atomic E-state index is 6.03. The van der Waals surface area contributed by atoms with Crippen LogP contribution >= 0.6 is 0 Å². The van der Waals surface area contributed by atoms with E-state index in [0.29, 0.717) is 0 Å². The Morgan fingerprint density at radius 3 is 2.31 bits per heavy atom. The van der Waals surface area contributed by atoms with E-state index in [1.54, 1.807) is 14.2 Å². The topological polar surface area (TPSA) is 46.2 Å². The summed E-state index contributed by atoms with van der Waals surface area (Å²) in [6, 6.07) is 19.4. The van der Waals surface area contributed by atoms with Gasteiger partial charge >= 0.3 is 0 Å². The van der Waals surface area contributed by atoms with E-state index in [0.717, 1.165) is 74.1 Å². The number of methoxy groups -OCH3 is 3. The number of nitrogens with zero attached hydrogens (tertiary/aromatic N) is 2. The number of hydrogen-bond donors (Lipinski definition) is 1. The van der Waals surface area contributed by atoms with E-state index >= 15 is 0 Å². The summed E-state index contributed by atoms with van der Waals surface area (Å²) in [4.78, 5) is 5.09. The maximum Gasteiger partial charge on any atom is 0.162 e. The molecular weight excluding hydrogens is 450 g/mol. The molecule has 1 saturated heterocycles. The molecular formula is C30H37N3O3. The molecule has 2 atom stereocenters. The van der Waals surface area contributed by atoms with Crippen LogP contribution in [0.25, 0.3) is 16.3 Å². The lowest BCUT2D eigenvalue weighted by atomic mass is 9.84. The molecule has 2 aliphatic heterocycles. The molecule has 0 bridgehead atoms. The summed E-state index contributed by atoms with van der Waals surface area (Å²) in [6.07, 6.45) is 0.0679. The molecule has 3 aromatic carbocycles. The lowest BCUT2D eigenvalue weighted by molar-refractivity contribution is 0.0235. The van der Waals surface area contributed by atoms with Gasteiger partial charge in [-0.1, -0.05) is 43.0 Å². The summed E-state index contributed by atoms with van der Waals surface area (Å²) >= 11 is 0. The van der Waals surface area contributed by atoms with Crippen molar-refractivity contribution in [3.63, 3.8) is 0 Å². The summed E-state index contributed by atoms with van der Waals surface area (Å²) in [6.45, 7) is 11.4. The molecule has 5 rings (SSSR count). The van der Waals surface area contributed by atoms with Crippen molar-refractivity contribution >= 4 is 22.0 Å². The molecule has 0 radical (unpaired) electrons. The summed E-state index contributed by atoms with van der Waals surface area (Å²) in [5.74, 6) is 1.63. The Kier molecular flexibility index (Phi) is 7.46. The third-order valence-electron chi connectivity index (χ3n) is 7.70. The van der Waals surface area contributed by atoms with Crippen molar-refractivity contribution in [1.82, 2.24) is 9.80 Å². The van der Waals surface area contributed by atoms with Crippen LogP contribution in [0.3, 0.4) is 0 Å². The van der Waals surface area contributed by atoms with Crippen LogP contribution in [0.4, 0.5) is 5.69 Å². The summed E-state index contributed by atoms with van der Waals surface area (Å²) in [5.41, 5.74) is 4.58. The van der Waals surface area contributed by atoms with Gasteiger partial charge in [-0.05, 0) is 34.0 Å². The standard InChI is InChI=1S/C30H37N3O3/c1-21-25-16-28(34-2)29(35-3)17-27(25)31-18-26(21)30(36-4)20-33-13-11-32(12-14-33)19-22-9-10-23-7-5-6-8-24(23)15-22/h5-10,15-17,26,30-31H,1,11-14,18-20H2,2-4H3. The first-order valence-corrected chi connectivity index (χ1v) is 12.7. The fourth-order valence-corrected chi connectivity index (χ4v) is 5.54. The van der Waals surface area contributed by atoms with Crippen LogP contribution < -0.4 is 14.8 Å². The first-order chi connectivity index (χ1) is 17.6. The van der Waals surface area contributed by atoms with Gasteiger partial charge in [-0.25, -0.2) is 0 Å². The normalized spacial score (nSPS) is 19.5. The van der Waals surface area contributed by atoms with Gasteiger partial charge in [-0.15, -0.1) is 0 Å². The number of ether oxygens (including phenoxy) is 3. The molecule has 2 heterocycles. The second-order valence-electron chi connectivity index (χ2n) is 9.80. The van der Waals surface area contributed by atoms with Crippen molar-refractivity contribution in [3.05, 3.63) is 72.3 Å². The highest BCUT2D eigenvalue weighted by Crippen LogP contribution is 2.42. The average Bonchev–Trinajstić information content (AvgIpc) is 2.92. The molecule has 1 N–H and O–H groups in total. The Balaban J connectivity index is 1.19. The SMILES string of the molecule is C=C1c2cc(OC)c(OC)cc2NCC1C(CN1CCN(Cc2ccc3ccccc3c2)CC1)OC. The first kappa shape index (κ1) is 24.6. The van der Waals surface area contributed by atoms with Gasteiger partial charge in [0.05, 0.1) is 20.3 Å². The van der Waals surface area contributed by atoms with Crippen molar-refractivity contribution in [3.8, 4) is 11.5 Å². The molecule has 0 aliphatic carbocycles. The van der Waals surface area contributed by atoms with Crippen LogP contribution in [0.2, 0.25) is 0 Å². The number of fused-ring (bicyclic) bond motifs is 2. The molecule has 2 unspecified atom stereocenters. The largest absolute Gasteiger partial charge is 0.493 e. The second kappa shape index (κ2) is 10.9. The van der Waals surface area contributed by atoms with Crippen LogP contribution in [0, 0.1) is 5.92 Å². The number of rotatable bonds is 8. The summed E-state index contributed by atoms with van der Waals surface area (Å²) in [7, 11) is 5.14. The molecule has 0 aromatic heterocycles. The number of nitrogens with one attached hydrogen (secondary N) is 1. The van der Waals surface area contributed by atoms with Crippen molar-refractivity contribution in [2.45, 2.75) is 12.6 Å². The fraction of sp³-hybridized carbons (Fsp3) is 0.400. The lowest BCUT2D eigenvalue weighted by Gasteiger charge is -2.39. The zero-order chi connectivity index (χ0) is 25.1. The fourth-order valence-electron chi connectivity index (χ4n) is 5.54.